The van der Waals surface area contributed by atoms with E-state index in [1.807, 2.05) is 6.07 Å². The zero-order valence-electron chi connectivity index (χ0n) is 21.5. The number of aromatic amines is 1. The fourth-order valence-electron chi connectivity index (χ4n) is 5.04. The molecule has 2 N–H and O–H groups in total. The van der Waals surface area contributed by atoms with Gasteiger partial charge in [-0.1, -0.05) is 51.2 Å². The number of thiazole rings is 1. The lowest BCUT2D eigenvalue weighted by molar-refractivity contribution is -0.122. The molecular weight excluding hydrogens is 630 g/mol. The van der Waals surface area contributed by atoms with E-state index in [1.54, 1.807) is 73.8 Å². The van der Waals surface area contributed by atoms with Crippen molar-refractivity contribution in [3.63, 3.8) is 0 Å². The minimum atomic E-state index is -0.719. The van der Waals surface area contributed by atoms with Gasteiger partial charge in [0, 0.05) is 21.0 Å². The third-order valence-electron chi connectivity index (χ3n) is 6.87. The third-order valence-corrected chi connectivity index (χ3v) is 9.80. The van der Waals surface area contributed by atoms with Crippen molar-refractivity contribution in [3.8, 4) is 11.5 Å². The number of amides is 3. The molecule has 12 heteroatoms. The van der Waals surface area contributed by atoms with Gasteiger partial charge in [-0.2, -0.15) is 0 Å². The molecule has 1 saturated heterocycles. The van der Waals surface area contributed by atoms with Gasteiger partial charge in [-0.15, -0.1) is 0 Å². The van der Waals surface area contributed by atoms with Gasteiger partial charge in [0.1, 0.15) is 16.7 Å². The number of fused-ring (bicyclic) bond motifs is 2. The van der Waals surface area contributed by atoms with E-state index in [9.17, 15) is 19.2 Å². The number of carbonyl (C=O) groups excluding carboxylic acids is 3. The summed E-state index contributed by atoms with van der Waals surface area (Å²) in [4.78, 5) is 56.8. The van der Waals surface area contributed by atoms with Crippen LogP contribution in [0.5, 0.6) is 11.5 Å². The van der Waals surface area contributed by atoms with Gasteiger partial charge in [-0.05, 0) is 66.2 Å². The van der Waals surface area contributed by atoms with Gasteiger partial charge in [0.25, 0.3) is 5.91 Å². The fraction of sp³-hybridized carbons (Fsp3) is 0.172. The molecule has 2 aliphatic rings. The summed E-state index contributed by atoms with van der Waals surface area (Å²) in [6.07, 6.45) is 0. The zero-order chi connectivity index (χ0) is 28.7. The summed E-state index contributed by atoms with van der Waals surface area (Å²) in [6, 6.07) is 21.0. The normalized spacial score (nSPS) is 19.5. The predicted octanol–water partition coefficient (Wildman–Crippen LogP) is 5.02. The van der Waals surface area contributed by atoms with E-state index in [0.29, 0.717) is 38.3 Å². The minimum Gasteiger partial charge on any atom is -0.497 e. The molecule has 3 heterocycles. The highest BCUT2D eigenvalue weighted by molar-refractivity contribution is 9.10. The van der Waals surface area contributed by atoms with Crippen LogP contribution in [-0.2, 0) is 14.4 Å². The Bertz CT molecular complexity index is 1700. The highest BCUT2D eigenvalue weighted by atomic mass is 79.9. The smallest absolute Gasteiger partial charge is 0.305 e. The molecule has 2 aliphatic heterocycles. The zero-order valence-corrected chi connectivity index (χ0v) is 24.7. The van der Waals surface area contributed by atoms with Gasteiger partial charge < -0.3 is 19.8 Å². The molecule has 41 heavy (non-hydrogen) atoms. The van der Waals surface area contributed by atoms with Gasteiger partial charge in [0.2, 0.25) is 11.8 Å². The molecule has 4 aromatic rings. The largest absolute Gasteiger partial charge is 0.497 e. The van der Waals surface area contributed by atoms with Crippen LogP contribution in [0.3, 0.4) is 0 Å². The Morgan fingerprint density at radius 2 is 1.76 bits per heavy atom. The van der Waals surface area contributed by atoms with Crippen molar-refractivity contribution in [2.75, 3.05) is 23.9 Å². The maximum Gasteiger partial charge on any atom is 0.305 e. The number of carbonyl (C=O) groups is 3. The summed E-state index contributed by atoms with van der Waals surface area (Å²) in [5, 5.41) is 2.66. The number of benzene rings is 3. The molecule has 0 saturated carbocycles. The summed E-state index contributed by atoms with van der Waals surface area (Å²) in [5.41, 5.74) is 1.81. The van der Waals surface area contributed by atoms with Crippen LogP contribution in [0.1, 0.15) is 16.4 Å². The van der Waals surface area contributed by atoms with Gasteiger partial charge in [-0.3, -0.25) is 19.2 Å². The number of aromatic nitrogens is 1. The van der Waals surface area contributed by atoms with Crippen molar-refractivity contribution in [1.82, 2.24) is 4.98 Å². The monoisotopic (exact) mass is 651 g/mol. The van der Waals surface area contributed by atoms with Crippen molar-refractivity contribution in [2.24, 2.45) is 5.92 Å². The molecule has 6 rings (SSSR count). The summed E-state index contributed by atoms with van der Waals surface area (Å²) < 4.78 is 11.8. The molecule has 1 aromatic heterocycles. The molecular formula is C29H22BrN3O6S2. The standard InChI is InChI=1S/C29H22BrN3O6S2/c1-38-19-11-7-17(8-12-19)31-21(34)14-39-20-4-2-3-15(13-20)22-23-25(40-26-24(22)41-29(37)32-26)28(36)33(27(23)35)18-9-5-16(30)6-10-18/h2-13,22-23,25H,14H2,1H3,(H,31,34)(H,32,37)/t22-,23-,25+/m0/s1. The Morgan fingerprint density at radius 1 is 1.00 bits per heavy atom. The van der Waals surface area contributed by atoms with Crippen LogP contribution in [0.15, 0.2) is 87.1 Å². The molecule has 0 radical (unpaired) electrons. The quantitative estimate of drug-likeness (QED) is 0.269. The molecule has 0 aliphatic carbocycles. The Hall–Kier alpha value is -3.87. The SMILES string of the molecule is COc1ccc(NC(=O)COc2cccc([C@@H]3c4sc(=O)[nH]c4S[C@H]4C(=O)N(c5ccc(Br)cc5)C(=O)[C@@H]34)c2)cc1. The molecule has 1 fully saturated rings. The third kappa shape index (κ3) is 5.30. The average Bonchev–Trinajstić information content (AvgIpc) is 3.47. The van der Waals surface area contributed by atoms with E-state index in [1.165, 1.54) is 16.7 Å². The molecule has 3 amide bonds. The van der Waals surface area contributed by atoms with Crippen molar-refractivity contribution in [2.45, 2.75) is 16.2 Å². The second-order valence-corrected chi connectivity index (χ2v) is 12.5. The van der Waals surface area contributed by atoms with Gasteiger partial charge >= 0.3 is 4.87 Å². The number of methoxy groups -OCH3 is 1. The Balaban J connectivity index is 1.26. The first kappa shape index (κ1) is 27.3. The number of ether oxygens (including phenoxy) is 2. The van der Waals surface area contributed by atoms with Crippen molar-refractivity contribution in [3.05, 3.63) is 97.4 Å². The van der Waals surface area contributed by atoms with Gasteiger partial charge in [-0.25, -0.2) is 4.90 Å². The van der Waals surface area contributed by atoms with Crippen molar-refractivity contribution >= 4 is 68.1 Å². The summed E-state index contributed by atoms with van der Waals surface area (Å²) in [6.45, 7) is -0.237. The average molecular weight is 653 g/mol. The van der Waals surface area contributed by atoms with Crippen LogP contribution in [0.25, 0.3) is 0 Å². The van der Waals surface area contributed by atoms with Crippen LogP contribution < -0.4 is 24.6 Å². The molecule has 3 aromatic carbocycles. The van der Waals surface area contributed by atoms with Crippen molar-refractivity contribution < 1.29 is 23.9 Å². The van der Waals surface area contributed by atoms with Crippen LogP contribution in [0.4, 0.5) is 11.4 Å². The molecule has 0 bridgehead atoms. The maximum absolute atomic E-state index is 13.9. The number of nitrogens with one attached hydrogen (secondary N) is 2. The lowest BCUT2D eigenvalue weighted by atomic mass is 9.83. The Morgan fingerprint density at radius 3 is 2.49 bits per heavy atom. The van der Waals surface area contributed by atoms with E-state index < -0.39 is 17.1 Å². The van der Waals surface area contributed by atoms with Gasteiger partial charge in [0.05, 0.1) is 23.7 Å². The fourth-order valence-corrected chi connectivity index (χ4v) is 7.82. The highest BCUT2D eigenvalue weighted by Crippen LogP contribution is 2.53. The highest BCUT2D eigenvalue weighted by Gasteiger charge is 2.56. The maximum atomic E-state index is 13.9. The predicted molar refractivity (Wildman–Crippen MR) is 160 cm³/mol. The number of anilines is 2. The summed E-state index contributed by atoms with van der Waals surface area (Å²) >= 11 is 5.65. The number of nitrogens with zero attached hydrogens (tertiary/aromatic N) is 1. The molecule has 9 nitrogen and oxygen atoms in total. The first-order valence-electron chi connectivity index (χ1n) is 12.5. The number of H-pyrrole nitrogens is 1. The summed E-state index contributed by atoms with van der Waals surface area (Å²) in [7, 11) is 1.57. The van der Waals surface area contributed by atoms with Crippen LogP contribution in [0.2, 0.25) is 0 Å². The van der Waals surface area contributed by atoms with E-state index in [0.717, 1.165) is 15.8 Å². The molecule has 3 atom stereocenters. The lowest BCUT2D eigenvalue weighted by Crippen LogP contribution is -2.32. The molecule has 0 spiro atoms. The second-order valence-electron chi connectivity index (χ2n) is 9.38. The van der Waals surface area contributed by atoms with Crippen molar-refractivity contribution in [1.29, 1.82) is 0 Å². The van der Waals surface area contributed by atoms with Gasteiger partial charge in [0.15, 0.2) is 6.61 Å². The Kier molecular flexibility index (Phi) is 7.45. The molecule has 208 valence electrons. The number of halogens is 1. The van der Waals surface area contributed by atoms with Crippen LogP contribution in [0, 0.1) is 5.92 Å². The van der Waals surface area contributed by atoms with E-state index >= 15 is 0 Å². The first-order valence-corrected chi connectivity index (χ1v) is 15.0. The summed E-state index contributed by atoms with van der Waals surface area (Å²) in [5.74, 6) is -1.15. The first-order chi connectivity index (χ1) is 19.8. The van der Waals surface area contributed by atoms with Crippen LogP contribution in [-0.4, -0.2) is 41.7 Å². The number of rotatable bonds is 7. The van der Waals surface area contributed by atoms with Crippen LogP contribution >= 0.6 is 39.0 Å². The van der Waals surface area contributed by atoms with E-state index in [4.69, 9.17) is 9.47 Å². The topological polar surface area (TPSA) is 118 Å². The minimum absolute atomic E-state index is 0.237. The number of hydrogen-bond acceptors (Lipinski definition) is 8. The Labute approximate surface area is 251 Å². The number of imide groups is 1. The van der Waals surface area contributed by atoms with E-state index in [-0.39, 0.29) is 29.2 Å². The molecule has 0 unspecified atom stereocenters. The lowest BCUT2D eigenvalue weighted by Gasteiger charge is -2.30. The van der Waals surface area contributed by atoms with E-state index in [2.05, 4.69) is 26.2 Å². The number of thioether (sulfide) groups is 1. The second kappa shape index (κ2) is 11.2. The number of hydrogen-bond donors (Lipinski definition) is 2.